The van der Waals surface area contributed by atoms with E-state index in [1.807, 2.05) is 30.6 Å². The highest BCUT2D eigenvalue weighted by molar-refractivity contribution is 5.74. The second-order valence-corrected chi connectivity index (χ2v) is 12.4. The van der Waals surface area contributed by atoms with E-state index in [2.05, 4.69) is 30.7 Å². The molecule has 0 spiro atoms. The van der Waals surface area contributed by atoms with Gasteiger partial charge in [-0.2, -0.15) is 0 Å². The summed E-state index contributed by atoms with van der Waals surface area (Å²) in [5.41, 5.74) is 0.874. The van der Waals surface area contributed by atoms with Crippen molar-refractivity contribution >= 4 is 11.9 Å². The average Bonchev–Trinajstić information content (AvgIpc) is 3.03. The van der Waals surface area contributed by atoms with E-state index in [0.717, 1.165) is 70.0 Å². The lowest BCUT2D eigenvalue weighted by Crippen LogP contribution is -2.33. The summed E-state index contributed by atoms with van der Waals surface area (Å²) in [6, 6.07) is 9.23. The Labute approximate surface area is 261 Å². The summed E-state index contributed by atoms with van der Waals surface area (Å²) in [4.78, 5) is 32.5. The number of carbonyl (C=O) groups is 2. The van der Waals surface area contributed by atoms with E-state index in [1.165, 1.54) is 63.4 Å². The van der Waals surface area contributed by atoms with Gasteiger partial charge >= 0.3 is 11.9 Å². The number of carboxylic acid groups (broad SMARTS) is 1. The van der Waals surface area contributed by atoms with Crippen molar-refractivity contribution in [1.29, 1.82) is 0 Å². The van der Waals surface area contributed by atoms with Crippen LogP contribution in [0.25, 0.3) is 0 Å². The highest BCUT2D eigenvalue weighted by atomic mass is 16.5. The summed E-state index contributed by atoms with van der Waals surface area (Å²) in [7, 11) is 0. The number of hydrogen-bond donors (Lipinski definition) is 1. The van der Waals surface area contributed by atoms with Crippen molar-refractivity contribution in [1.82, 2.24) is 9.97 Å². The number of esters is 1. The molecule has 1 aliphatic rings. The monoisotopic (exact) mass is 594 g/mol. The summed E-state index contributed by atoms with van der Waals surface area (Å²) < 4.78 is 5.35. The molecular formula is C37H58N2O4. The highest BCUT2D eigenvalue weighted by Gasteiger charge is 2.38. The summed E-state index contributed by atoms with van der Waals surface area (Å²) in [5, 5.41) is 9.29. The second kappa shape index (κ2) is 21.9. The number of nitrogens with zero attached hydrogens (tertiary/aromatic N) is 2. The van der Waals surface area contributed by atoms with Crippen LogP contribution in [0.2, 0.25) is 0 Å². The molecule has 1 N–H and O–H groups in total. The molecule has 6 heteroatoms. The lowest BCUT2D eigenvalue weighted by molar-refractivity contribution is -0.151. The van der Waals surface area contributed by atoms with E-state index in [1.54, 1.807) is 12.1 Å². The molecular weight excluding hydrogens is 536 g/mol. The van der Waals surface area contributed by atoms with Crippen LogP contribution in [0.4, 0.5) is 0 Å². The Kier molecular flexibility index (Phi) is 18.5. The summed E-state index contributed by atoms with van der Waals surface area (Å²) in [5.74, 6) is 1.07. The zero-order valence-electron chi connectivity index (χ0n) is 27.3. The van der Waals surface area contributed by atoms with Gasteiger partial charge in [-0.05, 0) is 69.1 Å². The number of aliphatic carboxylic acids is 1. The molecule has 0 radical (unpaired) electrons. The number of benzene rings is 1. The first-order valence-electron chi connectivity index (χ1n) is 17.2. The minimum Gasteiger partial charge on any atom is -0.481 e. The molecule has 1 fully saturated rings. The molecule has 1 aromatic heterocycles. The predicted molar refractivity (Wildman–Crippen MR) is 175 cm³/mol. The predicted octanol–water partition coefficient (Wildman–Crippen LogP) is 10.3. The van der Waals surface area contributed by atoms with Crippen molar-refractivity contribution in [2.45, 2.75) is 155 Å². The molecule has 0 amide bonds. The summed E-state index contributed by atoms with van der Waals surface area (Å²) in [6.45, 7) is 6.56. The first-order valence-corrected chi connectivity index (χ1v) is 17.2. The van der Waals surface area contributed by atoms with E-state index in [0.29, 0.717) is 18.1 Å². The minimum absolute atomic E-state index is 0.179. The van der Waals surface area contributed by atoms with Crippen LogP contribution in [0, 0.1) is 5.41 Å². The van der Waals surface area contributed by atoms with Crippen LogP contribution >= 0.6 is 0 Å². The Hall–Kier alpha value is -2.76. The highest BCUT2D eigenvalue weighted by Crippen LogP contribution is 2.40. The number of ether oxygens (including phenoxy) is 1. The first kappa shape index (κ1) is 36.4. The van der Waals surface area contributed by atoms with Gasteiger partial charge in [0.25, 0.3) is 0 Å². The van der Waals surface area contributed by atoms with Crippen LogP contribution < -0.4 is 4.74 Å². The molecule has 1 atom stereocenters. The molecule has 1 aliphatic carbocycles. The fourth-order valence-corrected chi connectivity index (χ4v) is 6.01. The van der Waals surface area contributed by atoms with Crippen LogP contribution in [-0.4, -0.2) is 27.0 Å². The number of carboxylic acids is 1. The number of rotatable bonds is 19. The summed E-state index contributed by atoms with van der Waals surface area (Å²) in [6.07, 6.45) is 25.5. The van der Waals surface area contributed by atoms with Crippen LogP contribution in [0.3, 0.4) is 0 Å². The Morgan fingerprint density at radius 3 is 2.09 bits per heavy atom. The van der Waals surface area contributed by atoms with Crippen LogP contribution in [0.1, 0.15) is 160 Å². The van der Waals surface area contributed by atoms with Crippen molar-refractivity contribution in [2.24, 2.45) is 5.41 Å². The molecule has 1 heterocycles. The quantitative estimate of drug-likeness (QED) is 0.0988. The third-order valence-corrected chi connectivity index (χ3v) is 8.83. The third-order valence-electron chi connectivity index (χ3n) is 8.83. The SMILES string of the molecule is CCCCCC1(C(=O)O)CCCCC1.CCCCCCCCc1cnc(C(CC)CCCC(=O)Oc2ccccc2)nc1. The van der Waals surface area contributed by atoms with Crippen molar-refractivity contribution in [3.8, 4) is 5.75 Å². The fourth-order valence-electron chi connectivity index (χ4n) is 6.01. The summed E-state index contributed by atoms with van der Waals surface area (Å²) >= 11 is 0. The molecule has 1 saturated carbocycles. The largest absolute Gasteiger partial charge is 0.481 e. The molecule has 0 saturated heterocycles. The fraction of sp³-hybridized carbons (Fsp3) is 0.676. The Bertz CT molecular complexity index is 1000. The van der Waals surface area contributed by atoms with Gasteiger partial charge in [0.05, 0.1) is 5.41 Å². The van der Waals surface area contributed by atoms with Crippen molar-refractivity contribution in [3.63, 3.8) is 0 Å². The van der Waals surface area contributed by atoms with Gasteiger partial charge in [-0.1, -0.05) is 110 Å². The molecule has 1 unspecified atom stereocenters. The standard InChI is InChI=1S/C25H36N2O2.C12H22O2/c1-3-5-6-7-8-10-14-21-19-26-25(27-20-21)22(4-2)15-13-18-24(28)29-23-16-11-9-12-17-23;1-2-3-5-8-12(11(13)14)9-6-4-7-10-12/h9,11-12,16-17,19-20,22H,3-8,10,13-15,18H2,1-2H3;2-10H2,1H3,(H,13,14). The third kappa shape index (κ3) is 14.5. The van der Waals surface area contributed by atoms with Gasteiger partial charge in [-0.3, -0.25) is 9.59 Å². The topological polar surface area (TPSA) is 89.4 Å². The molecule has 0 aliphatic heterocycles. The number of para-hydroxylation sites is 1. The van der Waals surface area contributed by atoms with Gasteiger partial charge in [0.15, 0.2) is 0 Å². The zero-order chi connectivity index (χ0) is 31.2. The van der Waals surface area contributed by atoms with E-state index in [4.69, 9.17) is 4.74 Å². The van der Waals surface area contributed by atoms with Crippen LogP contribution in [0.5, 0.6) is 5.75 Å². The van der Waals surface area contributed by atoms with E-state index >= 15 is 0 Å². The lowest BCUT2D eigenvalue weighted by Gasteiger charge is -2.33. The van der Waals surface area contributed by atoms with E-state index < -0.39 is 5.97 Å². The number of carbonyl (C=O) groups excluding carboxylic acids is 1. The van der Waals surface area contributed by atoms with Gasteiger partial charge in [0.2, 0.25) is 0 Å². The smallest absolute Gasteiger partial charge is 0.311 e. The van der Waals surface area contributed by atoms with Gasteiger partial charge in [0.1, 0.15) is 11.6 Å². The lowest BCUT2D eigenvalue weighted by atomic mass is 9.71. The van der Waals surface area contributed by atoms with Gasteiger partial charge in [-0.25, -0.2) is 9.97 Å². The maximum absolute atomic E-state index is 12.0. The Morgan fingerprint density at radius 2 is 1.47 bits per heavy atom. The van der Waals surface area contributed by atoms with Gasteiger partial charge in [-0.15, -0.1) is 0 Å². The number of hydrogen-bond acceptors (Lipinski definition) is 5. The molecule has 3 rings (SSSR count). The van der Waals surface area contributed by atoms with Crippen LogP contribution in [0.15, 0.2) is 42.7 Å². The van der Waals surface area contributed by atoms with Crippen molar-refractivity contribution in [2.75, 3.05) is 0 Å². The average molecular weight is 595 g/mol. The molecule has 43 heavy (non-hydrogen) atoms. The van der Waals surface area contributed by atoms with Crippen LogP contribution in [-0.2, 0) is 16.0 Å². The van der Waals surface area contributed by atoms with E-state index in [-0.39, 0.29) is 11.4 Å². The Balaban J connectivity index is 0.000000385. The van der Waals surface area contributed by atoms with Crippen molar-refractivity contribution in [3.05, 3.63) is 54.1 Å². The number of aryl methyl sites for hydroxylation is 1. The van der Waals surface area contributed by atoms with Crippen molar-refractivity contribution < 1.29 is 19.4 Å². The maximum Gasteiger partial charge on any atom is 0.311 e. The number of unbranched alkanes of at least 4 members (excludes halogenated alkanes) is 7. The van der Waals surface area contributed by atoms with Gasteiger partial charge in [0, 0.05) is 24.7 Å². The molecule has 240 valence electrons. The molecule has 0 bridgehead atoms. The Morgan fingerprint density at radius 1 is 0.837 bits per heavy atom. The first-order chi connectivity index (χ1) is 20.9. The minimum atomic E-state index is -0.548. The zero-order valence-corrected chi connectivity index (χ0v) is 27.3. The number of aromatic nitrogens is 2. The second-order valence-electron chi connectivity index (χ2n) is 12.4. The normalized spacial score (nSPS) is 14.8. The molecule has 6 nitrogen and oxygen atoms in total. The molecule has 2 aromatic rings. The maximum atomic E-state index is 12.0. The van der Waals surface area contributed by atoms with Gasteiger partial charge < -0.3 is 9.84 Å². The molecule has 1 aromatic carbocycles. The van der Waals surface area contributed by atoms with E-state index in [9.17, 15) is 14.7 Å².